The van der Waals surface area contributed by atoms with E-state index in [2.05, 4.69) is 21.2 Å². The van der Waals surface area contributed by atoms with Crippen LogP contribution < -0.4 is 5.32 Å². The molecule has 0 saturated carbocycles. The van der Waals surface area contributed by atoms with Gasteiger partial charge < -0.3 is 9.88 Å². The van der Waals surface area contributed by atoms with Crippen molar-refractivity contribution in [3.8, 4) is 6.07 Å². The highest BCUT2D eigenvalue weighted by Gasteiger charge is 2.13. The first kappa shape index (κ1) is 14.6. The van der Waals surface area contributed by atoms with Gasteiger partial charge in [-0.1, -0.05) is 11.6 Å². The number of amides is 1. The highest BCUT2D eigenvalue weighted by molar-refractivity contribution is 9.10. The number of carbonyl (C=O) groups excluding carboxylic acids is 1. The van der Waals surface area contributed by atoms with E-state index in [1.807, 2.05) is 23.8 Å². The summed E-state index contributed by atoms with van der Waals surface area (Å²) in [4.78, 5) is 12.2. The molecule has 0 radical (unpaired) electrons. The van der Waals surface area contributed by atoms with Crippen molar-refractivity contribution in [2.24, 2.45) is 0 Å². The summed E-state index contributed by atoms with van der Waals surface area (Å²) in [6, 6.07) is 8.52. The number of nitriles is 1. The predicted molar refractivity (Wildman–Crippen MR) is 81.9 cm³/mol. The Balaban J connectivity index is 2.23. The van der Waals surface area contributed by atoms with Gasteiger partial charge in [-0.2, -0.15) is 5.26 Å². The third-order valence-electron chi connectivity index (χ3n) is 2.78. The lowest BCUT2D eigenvalue weighted by molar-refractivity contribution is 0.101. The average Bonchev–Trinajstić information content (AvgIpc) is 2.80. The molecule has 2 aromatic rings. The van der Waals surface area contributed by atoms with Gasteiger partial charge in [0.05, 0.1) is 10.6 Å². The minimum Gasteiger partial charge on any atom is -0.343 e. The van der Waals surface area contributed by atoms with Crippen LogP contribution in [0, 0.1) is 11.3 Å². The molecular weight excluding hydrogens is 342 g/mol. The average molecular weight is 353 g/mol. The molecule has 0 aliphatic rings. The maximum absolute atomic E-state index is 12.2. The van der Waals surface area contributed by atoms with Gasteiger partial charge in [0, 0.05) is 22.9 Å². The minimum absolute atomic E-state index is 0.224. The molecule has 4 nitrogen and oxygen atoms in total. The van der Waals surface area contributed by atoms with E-state index in [0.717, 1.165) is 4.47 Å². The molecule has 102 valence electrons. The van der Waals surface area contributed by atoms with Crippen LogP contribution in [0.2, 0.25) is 5.02 Å². The van der Waals surface area contributed by atoms with Gasteiger partial charge in [0.2, 0.25) is 0 Å². The SMILES string of the molecule is CCn1cc(Br)cc1C(=O)Nc1ccc(C#N)c(Cl)c1. The maximum atomic E-state index is 12.2. The van der Waals surface area contributed by atoms with E-state index < -0.39 is 0 Å². The van der Waals surface area contributed by atoms with Gasteiger partial charge >= 0.3 is 0 Å². The zero-order valence-electron chi connectivity index (χ0n) is 10.7. The zero-order chi connectivity index (χ0) is 14.7. The molecule has 2 rings (SSSR count). The monoisotopic (exact) mass is 351 g/mol. The fourth-order valence-corrected chi connectivity index (χ4v) is 2.49. The standard InChI is InChI=1S/C14H11BrClN3O/c1-2-19-8-10(15)5-13(19)14(20)18-11-4-3-9(7-17)12(16)6-11/h3-6,8H,2H2,1H3,(H,18,20). The van der Waals surface area contributed by atoms with Crippen molar-refractivity contribution in [2.45, 2.75) is 13.5 Å². The first-order chi connectivity index (χ1) is 9.55. The molecule has 0 aliphatic carbocycles. The molecule has 20 heavy (non-hydrogen) atoms. The molecule has 0 atom stereocenters. The number of aromatic nitrogens is 1. The molecule has 0 fully saturated rings. The van der Waals surface area contributed by atoms with Gasteiger partial charge in [-0.3, -0.25) is 4.79 Å². The molecule has 1 heterocycles. The number of nitrogens with one attached hydrogen (secondary N) is 1. The molecule has 1 amide bonds. The summed E-state index contributed by atoms with van der Waals surface area (Å²) in [6.45, 7) is 2.66. The highest BCUT2D eigenvalue weighted by Crippen LogP contribution is 2.21. The van der Waals surface area contributed by atoms with Crippen LogP contribution in [0.5, 0.6) is 0 Å². The Morgan fingerprint density at radius 1 is 1.50 bits per heavy atom. The predicted octanol–water partition coefficient (Wildman–Crippen LogP) is 4.05. The molecule has 1 N–H and O–H groups in total. The second-order valence-electron chi connectivity index (χ2n) is 4.09. The van der Waals surface area contributed by atoms with Crippen molar-refractivity contribution >= 4 is 39.1 Å². The summed E-state index contributed by atoms with van der Waals surface area (Å²) in [5.74, 6) is -0.224. The quantitative estimate of drug-likeness (QED) is 0.906. The van der Waals surface area contributed by atoms with Crippen molar-refractivity contribution in [1.29, 1.82) is 5.26 Å². The van der Waals surface area contributed by atoms with Gasteiger partial charge in [0.25, 0.3) is 5.91 Å². The lowest BCUT2D eigenvalue weighted by atomic mass is 10.2. The van der Waals surface area contributed by atoms with Gasteiger partial charge in [-0.25, -0.2) is 0 Å². The number of hydrogen-bond donors (Lipinski definition) is 1. The summed E-state index contributed by atoms with van der Waals surface area (Å²) < 4.78 is 2.69. The summed E-state index contributed by atoms with van der Waals surface area (Å²) in [7, 11) is 0. The lowest BCUT2D eigenvalue weighted by Crippen LogP contribution is -2.16. The maximum Gasteiger partial charge on any atom is 0.272 e. The van der Waals surface area contributed by atoms with E-state index >= 15 is 0 Å². The molecule has 1 aromatic heterocycles. The summed E-state index contributed by atoms with van der Waals surface area (Å²) >= 11 is 9.29. The number of hydrogen-bond acceptors (Lipinski definition) is 2. The number of aryl methyl sites for hydroxylation is 1. The van der Waals surface area contributed by atoms with Crippen LogP contribution in [0.25, 0.3) is 0 Å². The van der Waals surface area contributed by atoms with Gasteiger partial charge in [-0.05, 0) is 47.1 Å². The normalized spacial score (nSPS) is 10.1. The Morgan fingerprint density at radius 3 is 2.85 bits per heavy atom. The molecule has 0 aliphatic heterocycles. The van der Waals surface area contributed by atoms with Crippen LogP contribution in [0.15, 0.2) is 34.9 Å². The smallest absolute Gasteiger partial charge is 0.272 e. The van der Waals surface area contributed by atoms with Crippen LogP contribution in [-0.4, -0.2) is 10.5 Å². The Hall–Kier alpha value is -1.77. The number of rotatable bonds is 3. The van der Waals surface area contributed by atoms with Crippen LogP contribution in [0.1, 0.15) is 23.0 Å². The van der Waals surface area contributed by atoms with Crippen LogP contribution in [0.4, 0.5) is 5.69 Å². The van der Waals surface area contributed by atoms with Crippen molar-refractivity contribution in [2.75, 3.05) is 5.32 Å². The van der Waals surface area contributed by atoms with Crippen LogP contribution in [0.3, 0.4) is 0 Å². The molecule has 0 bridgehead atoms. The lowest BCUT2D eigenvalue weighted by Gasteiger charge is -2.08. The van der Waals surface area contributed by atoms with E-state index in [9.17, 15) is 4.79 Å². The number of benzene rings is 1. The van der Waals surface area contributed by atoms with E-state index in [1.54, 1.807) is 24.3 Å². The summed E-state index contributed by atoms with van der Waals surface area (Å²) in [5, 5.41) is 11.9. The van der Waals surface area contributed by atoms with Gasteiger partial charge in [0.1, 0.15) is 11.8 Å². The Bertz CT molecular complexity index is 703. The molecule has 0 saturated heterocycles. The molecule has 6 heteroatoms. The first-order valence-electron chi connectivity index (χ1n) is 5.91. The minimum atomic E-state index is -0.224. The number of carbonyl (C=O) groups is 1. The summed E-state index contributed by atoms with van der Waals surface area (Å²) in [5.41, 5.74) is 1.49. The second-order valence-corrected chi connectivity index (χ2v) is 5.41. The fourth-order valence-electron chi connectivity index (χ4n) is 1.81. The van der Waals surface area contributed by atoms with Gasteiger partial charge in [-0.15, -0.1) is 0 Å². The largest absolute Gasteiger partial charge is 0.343 e. The second kappa shape index (κ2) is 6.12. The number of halogens is 2. The van der Waals surface area contributed by atoms with Crippen LogP contribution in [-0.2, 0) is 6.54 Å². The van der Waals surface area contributed by atoms with Crippen molar-refractivity contribution in [3.63, 3.8) is 0 Å². The topological polar surface area (TPSA) is 57.8 Å². The van der Waals surface area contributed by atoms with Crippen LogP contribution >= 0.6 is 27.5 Å². The fraction of sp³-hybridized carbons (Fsp3) is 0.143. The third-order valence-corrected chi connectivity index (χ3v) is 3.53. The first-order valence-corrected chi connectivity index (χ1v) is 7.09. The molecular formula is C14H11BrClN3O. The van der Waals surface area contributed by atoms with Crippen molar-refractivity contribution in [1.82, 2.24) is 4.57 Å². The van der Waals surface area contributed by atoms with E-state index in [0.29, 0.717) is 28.5 Å². The Labute approximate surface area is 130 Å². The molecule has 0 spiro atoms. The van der Waals surface area contributed by atoms with Gasteiger partial charge in [0.15, 0.2) is 0 Å². The number of nitrogens with zero attached hydrogens (tertiary/aromatic N) is 2. The zero-order valence-corrected chi connectivity index (χ0v) is 13.0. The number of anilines is 1. The molecule has 1 aromatic carbocycles. The van der Waals surface area contributed by atoms with Crippen molar-refractivity contribution in [3.05, 3.63) is 51.2 Å². The van der Waals surface area contributed by atoms with E-state index in [1.165, 1.54) is 0 Å². The van der Waals surface area contributed by atoms with E-state index in [-0.39, 0.29) is 5.91 Å². The Kier molecular flexibility index (Phi) is 4.48. The van der Waals surface area contributed by atoms with E-state index in [4.69, 9.17) is 16.9 Å². The highest BCUT2D eigenvalue weighted by atomic mass is 79.9. The Morgan fingerprint density at radius 2 is 2.25 bits per heavy atom. The van der Waals surface area contributed by atoms with Crippen molar-refractivity contribution < 1.29 is 4.79 Å². The molecule has 0 unspecified atom stereocenters. The summed E-state index contributed by atoms with van der Waals surface area (Å²) in [6.07, 6.45) is 1.85. The third kappa shape index (κ3) is 3.03.